The van der Waals surface area contributed by atoms with E-state index >= 15 is 0 Å². The highest BCUT2D eigenvalue weighted by atomic mass is 16.5. The number of benzene rings is 1. The highest BCUT2D eigenvalue weighted by Gasteiger charge is 2.49. The Kier molecular flexibility index (Phi) is 6.63. The van der Waals surface area contributed by atoms with Gasteiger partial charge in [0.25, 0.3) is 5.91 Å². The Morgan fingerprint density at radius 2 is 1.82 bits per heavy atom. The van der Waals surface area contributed by atoms with E-state index in [0.717, 1.165) is 5.56 Å². The van der Waals surface area contributed by atoms with Crippen molar-refractivity contribution >= 4 is 17.7 Å². The van der Waals surface area contributed by atoms with Gasteiger partial charge in [-0.3, -0.25) is 9.59 Å². The molecular weight excluding hydrogens is 508 g/mol. The Morgan fingerprint density at radius 3 is 2.48 bits per heavy atom. The van der Waals surface area contributed by atoms with Crippen molar-refractivity contribution in [3.63, 3.8) is 0 Å². The predicted molar refractivity (Wildman–Crippen MR) is 150 cm³/mol. The maximum Gasteiger partial charge on any atom is 0.354 e. The third-order valence-corrected chi connectivity index (χ3v) is 8.22. The molecule has 0 unspecified atom stereocenters. The van der Waals surface area contributed by atoms with E-state index < -0.39 is 11.9 Å². The maximum absolute atomic E-state index is 13.9. The summed E-state index contributed by atoms with van der Waals surface area (Å²) in [5, 5.41) is 12.7. The Bertz CT molecular complexity index is 1510. The zero-order chi connectivity index (χ0) is 29.1. The van der Waals surface area contributed by atoms with Crippen LogP contribution in [0.1, 0.15) is 81.4 Å². The SMILES string of the molecule is COc1ccc(-c2cccc(C(=O)O)n2)c(C)c1[C@H]1C2=C(CC(C)(C)CC2=O)OC2=C1C(=O)N[C@@H](C(C)(C)C)C2. The zero-order valence-electron chi connectivity index (χ0n) is 24.1. The van der Waals surface area contributed by atoms with E-state index in [9.17, 15) is 19.5 Å². The Morgan fingerprint density at radius 1 is 1.10 bits per heavy atom. The summed E-state index contributed by atoms with van der Waals surface area (Å²) < 4.78 is 12.3. The van der Waals surface area contributed by atoms with Crippen LogP contribution in [0.2, 0.25) is 0 Å². The second-order valence-electron chi connectivity index (χ2n) is 12.8. The molecule has 1 aliphatic carbocycles. The van der Waals surface area contributed by atoms with Gasteiger partial charge in [-0.1, -0.05) is 40.7 Å². The van der Waals surface area contributed by atoms with Crippen molar-refractivity contribution in [3.8, 4) is 17.0 Å². The fourth-order valence-corrected chi connectivity index (χ4v) is 6.11. The summed E-state index contributed by atoms with van der Waals surface area (Å²) in [5.41, 5.74) is 2.99. The number of ketones is 1. The van der Waals surface area contributed by atoms with E-state index in [1.54, 1.807) is 25.3 Å². The number of Topliss-reactive ketones (excluding diaryl/α,β-unsaturated/α-hetero) is 1. The quantitative estimate of drug-likeness (QED) is 0.507. The van der Waals surface area contributed by atoms with Gasteiger partial charge in [0, 0.05) is 42.0 Å². The van der Waals surface area contributed by atoms with Crippen molar-refractivity contribution in [1.82, 2.24) is 10.3 Å². The van der Waals surface area contributed by atoms with Crippen LogP contribution in [0.15, 0.2) is 53.0 Å². The minimum Gasteiger partial charge on any atom is -0.496 e. The van der Waals surface area contributed by atoms with E-state index in [4.69, 9.17) is 9.47 Å². The topological polar surface area (TPSA) is 115 Å². The largest absolute Gasteiger partial charge is 0.496 e. The number of carbonyl (C=O) groups is 3. The first-order valence-electron chi connectivity index (χ1n) is 13.6. The van der Waals surface area contributed by atoms with Gasteiger partial charge in [0.05, 0.1) is 24.3 Å². The Balaban J connectivity index is 1.77. The van der Waals surface area contributed by atoms with Gasteiger partial charge in [-0.05, 0) is 47.6 Å². The lowest BCUT2D eigenvalue weighted by atomic mass is 9.67. The smallest absolute Gasteiger partial charge is 0.354 e. The molecule has 0 spiro atoms. The van der Waals surface area contributed by atoms with Gasteiger partial charge >= 0.3 is 5.97 Å². The average Bonchev–Trinajstić information content (AvgIpc) is 2.86. The van der Waals surface area contributed by atoms with Crippen LogP contribution in [0.25, 0.3) is 11.3 Å². The molecule has 0 saturated carbocycles. The molecule has 1 aromatic carbocycles. The summed E-state index contributed by atoms with van der Waals surface area (Å²) in [6, 6.07) is 8.33. The number of nitrogens with zero attached hydrogens (tertiary/aromatic N) is 1. The number of carboxylic acids is 1. The second-order valence-corrected chi connectivity index (χ2v) is 12.8. The molecule has 210 valence electrons. The number of ether oxygens (including phenoxy) is 2. The minimum atomic E-state index is -1.12. The molecule has 0 bridgehead atoms. The van der Waals surface area contributed by atoms with E-state index in [1.165, 1.54) is 6.07 Å². The van der Waals surface area contributed by atoms with Crippen molar-refractivity contribution in [2.24, 2.45) is 10.8 Å². The standard InChI is InChI=1S/C32H36N2O6/c1-16-17(18-9-8-10-19(33-18)30(37)38)11-12-21(39-7)25(16)28-26-20(35)14-32(5,6)15-23(26)40-22-13-24(31(2,3)4)34-29(36)27(22)28/h8-12,24,28H,13-15H2,1-7H3,(H,34,36)(H,37,38)/t24-,28+/m1/s1. The summed E-state index contributed by atoms with van der Waals surface area (Å²) in [5.74, 6) is -0.379. The number of hydrogen-bond donors (Lipinski definition) is 2. The number of carboxylic acid groups (broad SMARTS) is 1. The van der Waals surface area contributed by atoms with Crippen molar-refractivity contribution in [2.75, 3.05) is 7.11 Å². The predicted octanol–water partition coefficient (Wildman–Crippen LogP) is 5.71. The van der Waals surface area contributed by atoms with Gasteiger partial charge in [-0.2, -0.15) is 0 Å². The Hall–Kier alpha value is -3.94. The first-order chi connectivity index (χ1) is 18.7. The van der Waals surface area contributed by atoms with Crippen LogP contribution in [-0.2, 0) is 14.3 Å². The molecule has 40 heavy (non-hydrogen) atoms. The van der Waals surface area contributed by atoms with Crippen molar-refractivity contribution in [3.05, 3.63) is 69.8 Å². The molecule has 8 nitrogen and oxygen atoms in total. The molecule has 3 aliphatic rings. The normalized spacial score (nSPS) is 22.3. The molecule has 1 amide bonds. The molecule has 3 heterocycles. The summed E-state index contributed by atoms with van der Waals surface area (Å²) >= 11 is 0. The number of pyridine rings is 1. The zero-order valence-corrected chi connectivity index (χ0v) is 24.1. The van der Waals surface area contributed by atoms with Gasteiger partial charge in [0.1, 0.15) is 23.0 Å². The fourth-order valence-electron chi connectivity index (χ4n) is 6.11. The molecule has 0 fully saturated rings. The average molecular weight is 545 g/mol. The van der Waals surface area contributed by atoms with Crippen LogP contribution in [0.4, 0.5) is 0 Å². The van der Waals surface area contributed by atoms with Gasteiger partial charge in [-0.15, -0.1) is 0 Å². The van der Waals surface area contributed by atoms with Crippen LogP contribution in [-0.4, -0.2) is 40.9 Å². The van der Waals surface area contributed by atoms with E-state index in [0.29, 0.717) is 64.5 Å². The summed E-state index contributed by atoms with van der Waals surface area (Å²) in [6.07, 6.45) is 1.42. The Labute approximate surface area is 234 Å². The lowest BCUT2D eigenvalue weighted by Crippen LogP contribution is -2.50. The van der Waals surface area contributed by atoms with Crippen LogP contribution in [0.5, 0.6) is 5.75 Å². The fraction of sp³-hybridized carbons (Fsp3) is 0.438. The number of allylic oxidation sites excluding steroid dienone is 2. The molecular formula is C32H36N2O6. The molecule has 2 aromatic rings. The number of hydrogen-bond acceptors (Lipinski definition) is 6. The van der Waals surface area contributed by atoms with Crippen LogP contribution in [0.3, 0.4) is 0 Å². The number of methoxy groups -OCH3 is 1. The molecule has 1 aromatic heterocycles. The van der Waals surface area contributed by atoms with Gasteiger partial charge < -0.3 is 19.9 Å². The lowest BCUT2D eigenvalue weighted by Gasteiger charge is -2.44. The van der Waals surface area contributed by atoms with E-state index in [-0.39, 0.29) is 34.3 Å². The molecule has 2 N–H and O–H groups in total. The summed E-state index contributed by atoms with van der Waals surface area (Å²) in [4.78, 5) is 43.7. The number of aromatic nitrogens is 1. The van der Waals surface area contributed by atoms with Crippen molar-refractivity contribution < 1.29 is 29.0 Å². The third kappa shape index (κ3) is 4.69. The third-order valence-electron chi connectivity index (χ3n) is 8.22. The number of amides is 1. The van der Waals surface area contributed by atoms with Gasteiger partial charge in [0.15, 0.2) is 5.78 Å². The van der Waals surface area contributed by atoms with Crippen LogP contribution >= 0.6 is 0 Å². The number of carbonyl (C=O) groups excluding carboxylic acids is 2. The van der Waals surface area contributed by atoms with Crippen molar-refractivity contribution in [1.29, 1.82) is 0 Å². The molecule has 5 rings (SSSR count). The minimum absolute atomic E-state index is 0.0496. The first-order valence-corrected chi connectivity index (χ1v) is 13.6. The van der Waals surface area contributed by atoms with E-state index in [2.05, 4.69) is 44.9 Å². The summed E-state index contributed by atoms with van der Waals surface area (Å²) in [6.45, 7) is 12.2. The van der Waals surface area contributed by atoms with Gasteiger partial charge in [0.2, 0.25) is 0 Å². The van der Waals surface area contributed by atoms with Crippen LogP contribution in [0, 0.1) is 17.8 Å². The second kappa shape index (κ2) is 9.61. The number of rotatable bonds is 4. The monoisotopic (exact) mass is 544 g/mol. The van der Waals surface area contributed by atoms with Crippen molar-refractivity contribution in [2.45, 2.75) is 72.8 Å². The van der Waals surface area contributed by atoms with Crippen LogP contribution < -0.4 is 10.1 Å². The molecule has 2 atom stereocenters. The number of aromatic carboxylic acids is 1. The first kappa shape index (κ1) is 27.6. The molecule has 0 saturated heterocycles. The molecule has 8 heteroatoms. The number of nitrogens with one attached hydrogen (secondary N) is 1. The van der Waals surface area contributed by atoms with Gasteiger partial charge in [-0.25, -0.2) is 9.78 Å². The highest BCUT2D eigenvalue weighted by Crippen LogP contribution is 2.53. The molecule has 0 radical (unpaired) electrons. The summed E-state index contributed by atoms with van der Waals surface area (Å²) in [7, 11) is 1.56. The van der Waals surface area contributed by atoms with E-state index in [1.807, 2.05) is 13.0 Å². The lowest BCUT2D eigenvalue weighted by molar-refractivity contribution is -0.121. The molecule has 2 aliphatic heterocycles. The highest BCUT2D eigenvalue weighted by molar-refractivity contribution is 6.06. The maximum atomic E-state index is 13.9.